The summed E-state index contributed by atoms with van der Waals surface area (Å²) in [7, 11) is 4.86. The lowest BCUT2D eigenvalue weighted by Gasteiger charge is -2.26. The van der Waals surface area contributed by atoms with Gasteiger partial charge in [-0.05, 0) is 43.2 Å². The van der Waals surface area contributed by atoms with Gasteiger partial charge in [0.15, 0.2) is 11.5 Å². The Balaban J connectivity index is 1.81. The number of methoxy groups -OCH3 is 3. The summed E-state index contributed by atoms with van der Waals surface area (Å²) in [5.41, 5.74) is 5.16. The molecule has 1 aliphatic heterocycles. The molecule has 0 saturated carbocycles. The molecule has 4 rings (SSSR count). The average molecular weight is 452 g/mol. The highest BCUT2D eigenvalue weighted by Crippen LogP contribution is 2.42. The van der Waals surface area contributed by atoms with Crippen LogP contribution in [0.3, 0.4) is 0 Å². The van der Waals surface area contributed by atoms with Gasteiger partial charge >= 0.3 is 0 Å². The Morgan fingerprint density at radius 2 is 1.76 bits per heavy atom. The summed E-state index contributed by atoms with van der Waals surface area (Å²) in [5.74, 6) is 1.97. The van der Waals surface area contributed by atoms with Gasteiger partial charge < -0.3 is 28.3 Å². The number of fused-ring (bicyclic) bond motifs is 1. The van der Waals surface area contributed by atoms with E-state index in [0.717, 1.165) is 38.8 Å². The van der Waals surface area contributed by atoms with Crippen LogP contribution in [0.2, 0.25) is 0 Å². The second-order valence-electron chi connectivity index (χ2n) is 7.94. The standard InChI is InChI=1S/C26H29NO6/c1-16(12-24(28)27-8-10-32-11-9-27)19-14-20-21(15-33-26(20)17(2)25(19)31-5)18-6-7-22(29-3)23(13-18)30-4/h6-7,12-15H,8-11H2,1-5H3/b16-12+. The second-order valence-corrected chi connectivity index (χ2v) is 7.94. The van der Waals surface area contributed by atoms with E-state index in [2.05, 4.69) is 0 Å². The Morgan fingerprint density at radius 1 is 1.03 bits per heavy atom. The van der Waals surface area contributed by atoms with Gasteiger partial charge in [0.25, 0.3) is 0 Å². The lowest BCUT2D eigenvalue weighted by atomic mass is 9.96. The van der Waals surface area contributed by atoms with Crippen LogP contribution in [-0.4, -0.2) is 58.4 Å². The zero-order chi connectivity index (χ0) is 23.5. The fraction of sp³-hybridized carbons (Fsp3) is 0.346. The number of hydrogen-bond donors (Lipinski definition) is 0. The Morgan fingerprint density at radius 3 is 2.42 bits per heavy atom. The molecule has 0 spiro atoms. The first-order valence-electron chi connectivity index (χ1n) is 10.8. The molecule has 0 unspecified atom stereocenters. The Bertz CT molecular complexity index is 1200. The number of nitrogens with zero attached hydrogens (tertiary/aromatic N) is 1. The number of ether oxygens (including phenoxy) is 4. The number of allylic oxidation sites excluding steroid dienone is 1. The summed E-state index contributed by atoms with van der Waals surface area (Å²) in [6, 6.07) is 7.79. The van der Waals surface area contributed by atoms with Crippen LogP contribution in [-0.2, 0) is 9.53 Å². The van der Waals surface area contributed by atoms with Crippen molar-refractivity contribution >= 4 is 22.4 Å². The molecule has 1 aliphatic rings. The molecule has 1 amide bonds. The summed E-state index contributed by atoms with van der Waals surface area (Å²) >= 11 is 0. The SMILES string of the molecule is COc1ccc(-c2coc3c(C)c(OC)c(/C(C)=C/C(=O)N4CCOCC4)cc23)cc1OC. The fourth-order valence-corrected chi connectivity index (χ4v) is 4.24. The molecule has 0 N–H and O–H groups in total. The fourth-order valence-electron chi connectivity index (χ4n) is 4.24. The van der Waals surface area contributed by atoms with Gasteiger partial charge in [-0.3, -0.25) is 4.79 Å². The van der Waals surface area contributed by atoms with Crippen LogP contribution in [0.25, 0.3) is 27.7 Å². The quantitative estimate of drug-likeness (QED) is 0.506. The molecule has 0 bridgehead atoms. The first kappa shape index (κ1) is 22.7. The largest absolute Gasteiger partial charge is 0.496 e. The minimum atomic E-state index is -0.0251. The Kier molecular flexibility index (Phi) is 6.60. The van der Waals surface area contributed by atoms with Crippen LogP contribution in [0, 0.1) is 6.92 Å². The van der Waals surface area contributed by atoms with Crippen molar-refractivity contribution in [1.82, 2.24) is 4.90 Å². The predicted octanol–water partition coefficient (Wildman–Crippen LogP) is 4.70. The molecule has 0 radical (unpaired) electrons. The normalized spacial score (nSPS) is 14.5. The molecule has 1 fully saturated rings. The Hall–Kier alpha value is -3.45. The lowest BCUT2D eigenvalue weighted by Crippen LogP contribution is -2.39. The summed E-state index contributed by atoms with van der Waals surface area (Å²) in [6.45, 7) is 6.22. The van der Waals surface area contributed by atoms with Gasteiger partial charge in [-0.15, -0.1) is 0 Å². The molecule has 1 aromatic heterocycles. The van der Waals surface area contributed by atoms with Crippen molar-refractivity contribution in [2.75, 3.05) is 47.6 Å². The molecule has 2 aromatic carbocycles. The third-order valence-corrected chi connectivity index (χ3v) is 6.03. The molecule has 7 heteroatoms. The summed E-state index contributed by atoms with van der Waals surface area (Å²) in [6.07, 6.45) is 3.41. The van der Waals surface area contributed by atoms with E-state index >= 15 is 0 Å². The van der Waals surface area contributed by atoms with Gasteiger partial charge in [-0.1, -0.05) is 6.07 Å². The summed E-state index contributed by atoms with van der Waals surface area (Å²) in [4.78, 5) is 14.6. The van der Waals surface area contributed by atoms with E-state index in [0.29, 0.717) is 43.6 Å². The van der Waals surface area contributed by atoms with Crippen LogP contribution in [0.5, 0.6) is 17.2 Å². The first-order chi connectivity index (χ1) is 16.0. The third kappa shape index (κ3) is 4.28. The number of rotatable bonds is 6. The van der Waals surface area contributed by atoms with Crippen molar-refractivity contribution in [2.45, 2.75) is 13.8 Å². The maximum absolute atomic E-state index is 12.8. The molecule has 33 heavy (non-hydrogen) atoms. The lowest BCUT2D eigenvalue weighted by molar-refractivity contribution is -0.129. The maximum Gasteiger partial charge on any atom is 0.247 e. The number of amides is 1. The van der Waals surface area contributed by atoms with E-state index in [-0.39, 0.29) is 5.91 Å². The van der Waals surface area contributed by atoms with E-state index in [4.69, 9.17) is 23.4 Å². The average Bonchev–Trinajstić information content (AvgIpc) is 3.28. The summed E-state index contributed by atoms with van der Waals surface area (Å²) in [5, 5.41) is 0.932. The van der Waals surface area contributed by atoms with Crippen molar-refractivity contribution in [2.24, 2.45) is 0 Å². The van der Waals surface area contributed by atoms with Gasteiger partial charge in [-0.25, -0.2) is 0 Å². The molecule has 0 atom stereocenters. The number of aryl methyl sites for hydroxylation is 1. The molecule has 174 valence electrons. The van der Waals surface area contributed by atoms with Crippen LogP contribution >= 0.6 is 0 Å². The number of morpholine rings is 1. The highest BCUT2D eigenvalue weighted by Gasteiger charge is 2.21. The van der Waals surface area contributed by atoms with Gasteiger partial charge in [0.05, 0.1) is 40.8 Å². The molecular formula is C26H29NO6. The predicted molar refractivity (Wildman–Crippen MR) is 127 cm³/mol. The Labute approximate surface area is 193 Å². The van der Waals surface area contributed by atoms with Crippen molar-refractivity contribution in [3.63, 3.8) is 0 Å². The van der Waals surface area contributed by atoms with E-state index in [9.17, 15) is 4.79 Å². The molecule has 1 saturated heterocycles. The molecule has 2 heterocycles. The summed E-state index contributed by atoms with van der Waals surface area (Å²) < 4.78 is 27.9. The van der Waals surface area contributed by atoms with Crippen molar-refractivity contribution in [3.8, 4) is 28.4 Å². The second kappa shape index (κ2) is 9.58. The number of furan rings is 1. The number of carbonyl (C=O) groups excluding carboxylic acids is 1. The number of benzene rings is 2. The minimum Gasteiger partial charge on any atom is -0.496 e. The van der Waals surface area contributed by atoms with Crippen LogP contribution in [0.1, 0.15) is 18.1 Å². The zero-order valence-electron chi connectivity index (χ0n) is 19.7. The van der Waals surface area contributed by atoms with Crippen LogP contribution < -0.4 is 14.2 Å². The zero-order valence-corrected chi connectivity index (χ0v) is 19.7. The third-order valence-electron chi connectivity index (χ3n) is 6.03. The number of hydrogen-bond acceptors (Lipinski definition) is 6. The highest BCUT2D eigenvalue weighted by molar-refractivity contribution is 6.01. The van der Waals surface area contributed by atoms with Crippen molar-refractivity contribution in [1.29, 1.82) is 0 Å². The van der Waals surface area contributed by atoms with Gasteiger partial charge in [-0.2, -0.15) is 0 Å². The van der Waals surface area contributed by atoms with E-state index < -0.39 is 0 Å². The maximum atomic E-state index is 12.8. The molecule has 7 nitrogen and oxygen atoms in total. The topological polar surface area (TPSA) is 70.4 Å². The molecule has 3 aromatic rings. The smallest absolute Gasteiger partial charge is 0.247 e. The van der Waals surface area contributed by atoms with Crippen molar-refractivity contribution in [3.05, 3.63) is 47.7 Å². The van der Waals surface area contributed by atoms with Crippen LogP contribution in [0.4, 0.5) is 0 Å². The van der Waals surface area contributed by atoms with Gasteiger partial charge in [0, 0.05) is 41.2 Å². The molecular weight excluding hydrogens is 422 g/mol. The van der Waals surface area contributed by atoms with Crippen LogP contribution in [0.15, 0.2) is 41.0 Å². The van der Waals surface area contributed by atoms with Gasteiger partial charge in [0.1, 0.15) is 11.3 Å². The highest BCUT2D eigenvalue weighted by atomic mass is 16.5. The van der Waals surface area contributed by atoms with E-state index in [1.54, 1.807) is 38.6 Å². The first-order valence-corrected chi connectivity index (χ1v) is 10.8. The minimum absolute atomic E-state index is 0.0251. The van der Waals surface area contributed by atoms with Crippen molar-refractivity contribution < 1.29 is 28.2 Å². The molecule has 0 aliphatic carbocycles. The van der Waals surface area contributed by atoms with Gasteiger partial charge in [0.2, 0.25) is 5.91 Å². The monoisotopic (exact) mass is 451 g/mol. The van der Waals surface area contributed by atoms with E-state index in [1.807, 2.05) is 38.1 Å². The van der Waals surface area contributed by atoms with E-state index in [1.165, 1.54) is 0 Å². The number of carbonyl (C=O) groups is 1.